The first kappa shape index (κ1) is 16.3. The second kappa shape index (κ2) is 15.9. The molecular formula is C4H12N2O3S. The fraction of sp³-hybridized carbons (Fsp3) is 0.750. The van der Waals surface area contributed by atoms with E-state index in [-0.39, 0.29) is 19.4 Å². The summed E-state index contributed by atoms with van der Waals surface area (Å²) in [6.45, 7) is -0.729. The van der Waals surface area contributed by atoms with Gasteiger partial charge in [0.25, 0.3) is 0 Å². The highest BCUT2D eigenvalue weighted by molar-refractivity contribution is 7.85. The SMILES string of the molecule is N.N#CS.OCC(O)CO. The first-order valence-electron chi connectivity index (χ1n) is 2.15. The van der Waals surface area contributed by atoms with E-state index in [1.54, 1.807) is 0 Å². The first-order chi connectivity index (χ1) is 4.22. The summed E-state index contributed by atoms with van der Waals surface area (Å²) in [4.78, 5) is 0. The van der Waals surface area contributed by atoms with Crippen LogP contribution in [0.1, 0.15) is 0 Å². The van der Waals surface area contributed by atoms with E-state index >= 15 is 0 Å². The molecule has 0 aromatic heterocycles. The number of nitrogens with zero attached hydrogens (tertiary/aromatic N) is 1. The summed E-state index contributed by atoms with van der Waals surface area (Å²) in [6, 6.07) is 0. The third-order valence-electron chi connectivity index (χ3n) is 0.421. The van der Waals surface area contributed by atoms with Gasteiger partial charge in [-0.25, -0.2) is 0 Å². The highest BCUT2D eigenvalue weighted by Crippen LogP contribution is 1.71. The minimum Gasteiger partial charge on any atom is -0.394 e. The van der Waals surface area contributed by atoms with Crippen molar-refractivity contribution < 1.29 is 15.3 Å². The largest absolute Gasteiger partial charge is 0.394 e. The number of hydrogen-bond acceptors (Lipinski definition) is 6. The zero-order chi connectivity index (χ0) is 7.70. The summed E-state index contributed by atoms with van der Waals surface area (Å²) < 4.78 is 0. The molecule has 0 aliphatic rings. The maximum atomic E-state index is 8.17. The summed E-state index contributed by atoms with van der Waals surface area (Å²) in [5, 5.41) is 32.6. The maximum Gasteiger partial charge on any atom is 0.130 e. The number of aliphatic hydroxyl groups is 3. The van der Waals surface area contributed by atoms with Gasteiger partial charge in [-0.05, 0) is 0 Å². The van der Waals surface area contributed by atoms with Gasteiger partial charge in [-0.15, -0.1) is 0 Å². The van der Waals surface area contributed by atoms with Crippen LogP contribution >= 0.6 is 12.6 Å². The Morgan fingerprint density at radius 1 is 1.40 bits per heavy atom. The Bertz CT molecular complexity index is 81.1. The molecular weight excluding hydrogens is 156 g/mol. The topological polar surface area (TPSA) is 119 Å². The molecule has 0 unspecified atom stereocenters. The highest BCUT2D eigenvalue weighted by Gasteiger charge is 1.93. The Hall–Kier alpha value is -0.320. The van der Waals surface area contributed by atoms with Crippen molar-refractivity contribution >= 4 is 12.6 Å². The minimum absolute atomic E-state index is 0. The van der Waals surface area contributed by atoms with E-state index in [2.05, 4.69) is 12.6 Å². The van der Waals surface area contributed by atoms with Crippen LogP contribution < -0.4 is 6.15 Å². The predicted octanol–water partition coefficient (Wildman–Crippen LogP) is -1.11. The molecule has 0 bridgehead atoms. The third-order valence-corrected chi connectivity index (χ3v) is 0.421. The van der Waals surface area contributed by atoms with Gasteiger partial charge in [0, 0.05) is 0 Å². The number of hydrogen-bond donors (Lipinski definition) is 5. The van der Waals surface area contributed by atoms with Crippen LogP contribution in [0.25, 0.3) is 0 Å². The second-order valence-electron chi connectivity index (χ2n) is 1.12. The van der Waals surface area contributed by atoms with Crippen LogP contribution in [0.5, 0.6) is 0 Å². The lowest BCUT2D eigenvalue weighted by molar-refractivity contribution is 0.0450. The molecule has 0 aromatic carbocycles. The summed E-state index contributed by atoms with van der Waals surface area (Å²) in [6.07, 6.45) is -0.954. The van der Waals surface area contributed by atoms with Crippen molar-refractivity contribution in [1.29, 1.82) is 5.26 Å². The number of aliphatic hydroxyl groups excluding tert-OH is 3. The van der Waals surface area contributed by atoms with E-state index in [4.69, 9.17) is 20.6 Å². The van der Waals surface area contributed by atoms with E-state index < -0.39 is 6.10 Å². The van der Waals surface area contributed by atoms with Crippen molar-refractivity contribution in [2.24, 2.45) is 0 Å². The molecule has 6 heteroatoms. The van der Waals surface area contributed by atoms with Gasteiger partial charge in [0.1, 0.15) is 11.5 Å². The van der Waals surface area contributed by atoms with Crippen molar-refractivity contribution in [2.45, 2.75) is 6.10 Å². The van der Waals surface area contributed by atoms with Crippen LogP contribution in [0, 0.1) is 10.7 Å². The lowest BCUT2D eigenvalue weighted by atomic mass is 10.4. The monoisotopic (exact) mass is 168 g/mol. The van der Waals surface area contributed by atoms with E-state index in [9.17, 15) is 0 Å². The fourth-order valence-corrected chi connectivity index (χ4v) is 0.0577. The van der Waals surface area contributed by atoms with Gasteiger partial charge in [-0.2, -0.15) is 5.26 Å². The second-order valence-corrected chi connectivity index (χ2v) is 1.32. The van der Waals surface area contributed by atoms with Crippen molar-refractivity contribution in [2.75, 3.05) is 13.2 Å². The molecule has 0 aromatic rings. The van der Waals surface area contributed by atoms with E-state index in [1.807, 2.05) is 0 Å². The van der Waals surface area contributed by atoms with Crippen LogP contribution in [0.3, 0.4) is 0 Å². The average Bonchev–Trinajstić information content (AvgIpc) is 1.88. The van der Waals surface area contributed by atoms with E-state index in [0.29, 0.717) is 0 Å². The maximum absolute atomic E-state index is 8.17. The van der Waals surface area contributed by atoms with Crippen molar-refractivity contribution in [3.05, 3.63) is 0 Å². The van der Waals surface area contributed by atoms with Gasteiger partial charge in [0.15, 0.2) is 0 Å². The van der Waals surface area contributed by atoms with Crippen LogP contribution in [0.4, 0.5) is 0 Å². The molecule has 5 nitrogen and oxygen atoms in total. The summed E-state index contributed by atoms with van der Waals surface area (Å²) in [7, 11) is 0. The molecule has 0 saturated carbocycles. The van der Waals surface area contributed by atoms with Crippen molar-refractivity contribution in [3.63, 3.8) is 0 Å². The molecule has 0 spiro atoms. The minimum atomic E-state index is -0.954. The van der Waals surface area contributed by atoms with Crippen molar-refractivity contribution in [3.8, 4) is 5.40 Å². The summed E-state index contributed by atoms with van der Waals surface area (Å²) in [5.74, 6) is 0. The Balaban J connectivity index is -0.000000107. The summed E-state index contributed by atoms with van der Waals surface area (Å²) in [5.41, 5.74) is 0. The number of rotatable bonds is 2. The number of nitriles is 1. The van der Waals surface area contributed by atoms with Crippen molar-refractivity contribution in [1.82, 2.24) is 6.15 Å². The molecule has 0 rings (SSSR count). The van der Waals surface area contributed by atoms with Crippen LogP contribution in [-0.4, -0.2) is 34.6 Å². The Morgan fingerprint density at radius 3 is 1.60 bits per heavy atom. The van der Waals surface area contributed by atoms with Gasteiger partial charge < -0.3 is 21.5 Å². The highest BCUT2D eigenvalue weighted by atomic mass is 32.1. The quantitative estimate of drug-likeness (QED) is 0.264. The Morgan fingerprint density at radius 2 is 1.60 bits per heavy atom. The summed E-state index contributed by atoms with van der Waals surface area (Å²) >= 11 is 3.09. The Kier molecular flexibility index (Phi) is 25.9. The van der Waals surface area contributed by atoms with Gasteiger partial charge in [-0.1, -0.05) is 12.6 Å². The fourth-order valence-electron chi connectivity index (χ4n) is 0.0577. The normalized spacial score (nSPS) is 6.80. The Labute approximate surface area is 64.9 Å². The van der Waals surface area contributed by atoms with Gasteiger partial charge in [0.2, 0.25) is 0 Å². The molecule has 0 saturated heterocycles. The molecule has 0 radical (unpaired) electrons. The van der Waals surface area contributed by atoms with Crippen LogP contribution in [-0.2, 0) is 0 Å². The molecule has 6 N–H and O–H groups in total. The van der Waals surface area contributed by atoms with Gasteiger partial charge >= 0.3 is 0 Å². The predicted molar refractivity (Wildman–Crippen MR) is 39.8 cm³/mol. The molecule has 0 fully saturated rings. The standard InChI is InChI=1S/C3H8O3.CHNS.H3N/c4-1-3(6)2-5;2-1-3;/h3-6H,1-2H2;3H;1H3. The lowest BCUT2D eigenvalue weighted by Gasteiger charge is -1.96. The zero-order valence-corrected chi connectivity index (χ0v) is 6.33. The van der Waals surface area contributed by atoms with Gasteiger partial charge in [-0.3, -0.25) is 0 Å². The third kappa shape index (κ3) is 25.3. The van der Waals surface area contributed by atoms with Gasteiger partial charge in [0.05, 0.1) is 13.2 Å². The molecule has 62 valence electrons. The average molecular weight is 168 g/mol. The molecule has 0 aliphatic heterocycles. The molecule has 0 amide bonds. The number of thiol groups is 1. The van der Waals surface area contributed by atoms with E-state index in [0.717, 1.165) is 0 Å². The smallest absolute Gasteiger partial charge is 0.130 e. The van der Waals surface area contributed by atoms with Crippen LogP contribution in [0.2, 0.25) is 0 Å². The molecule has 10 heavy (non-hydrogen) atoms. The molecule has 0 aliphatic carbocycles. The lowest BCUT2D eigenvalue weighted by Crippen LogP contribution is -2.15. The van der Waals surface area contributed by atoms with Crippen LogP contribution in [0.15, 0.2) is 0 Å². The molecule has 0 atom stereocenters. The molecule has 0 heterocycles. The number of thiocyanates is 1. The first-order valence-corrected chi connectivity index (χ1v) is 2.60. The zero-order valence-electron chi connectivity index (χ0n) is 5.43. The van der Waals surface area contributed by atoms with E-state index in [1.165, 1.54) is 5.40 Å².